The van der Waals surface area contributed by atoms with E-state index in [2.05, 4.69) is 4.74 Å². The van der Waals surface area contributed by atoms with Gasteiger partial charge in [0.1, 0.15) is 0 Å². The third-order valence-electron chi connectivity index (χ3n) is 1.93. The molecule has 0 radical (unpaired) electrons. The number of alkyl halides is 3. The van der Waals surface area contributed by atoms with Crippen molar-refractivity contribution < 1.29 is 32.4 Å². The molecule has 10 heteroatoms. The summed E-state index contributed by atoms with van der Waals surface area (Å²) < 4.78 is 45.6. The van der Waals surface area contributed by atoms with Gasteiger partial charge in [-0.15, -0.1) is 0 Å². The minimum absolute atomic E-state index is 0.313. The number of benzene rings is 1. The molecule has 110 valence electrons. The van der Waals surface area contributed by atoms with Gasteiger partial charge in [0.2, 0.25) is 0 Å². The van der Waals surface area contributed by atoms with Crippen molar-refractivity contribution in [3.8, 4) is 5.75 Å². The number of nitro benzene ring substituents is 1. The summed E-state index contributed by atoms with van der Waals surface area (Å²) in [5, 5.41) is 10.8. The fraction of sp³-hybridized carbons (Fsp3) is 0.300. The zero-order chi connectivity index (χ0) is 15.3. The molecular formula is C10H8F3NO5S. The number of halogens is 3. The van der Waals surface area contributed by atoms with Gasteiger partial charge in [0.05, 0.1) is 12.0 Å². The molecule has 0 spiro atoms. The lowest BCUT2D eigenvalue weighted by atomic mass is 10.3. The Morgan fingerprint density at radius 1 is 1.45 bits per heavy atom. The lowest BCUT2D eigenvalue weighted by Gasteiger charge is -2.08. The molecule has 0 N–H and O–H groups in total. The van der Waals surface area contributed by atoms with Crippen molar-refractivity contribution >= 4 is 23.4 Å². The van der Waals surface area contributed by atoms with Crippen LogP contribution in [0.5, 0.6) is 5.75 Å². The van der Waals surface area contributed by atoms with Crippen LogP contribution in [-0.4, -0.2) is 30.1 Å². The second-order valence-electron chi connectivity index (χ2n) is 3.30. The van der Waals surface area contributed by atoms with Crippen molar-refractivity contribution in [3.05, 3.63) is 28.3 Å². The van der Waals surface area contributed by atoms with E-state index in [-0.39, 0.29) is 10.6 Å². The first-order valence-electron chi connectivity index (χ1n) is 4.96. The van der Waals surface area contributed by atoms with Gasteiger partial charge in [-0.05, 0) is 23.9 Å². The molecule has 0 bridgehead atoms. The number of thioether (sulfide) groups is 1. The number of nitrogens with zero attached hydrogens (tertiary/aromatic N) is 1. The Hall–Kier alpha value is -1.97. The highest BCUT2D eigenvalue weighted by Crippen LogP contribution is 2.40. The Balaban J connectivity index is 2.96. The number of hydrogen-bond donors (Lipinski definition) is 0. The van der Waals surface area contributed by atoms with E-state index >= 15 is 0 Å². The van der Waals surface area contributed by atoms with E-state index in [0.29, 0.717) is 0 Å². The normalized spacial score (nSPS) is 11.0. The SMILES string of the molecule is COC(=O)COc1ccc(SC(F)(F)F)cc1[N+](=O)[O-]. The van der Waals surface area contributed by atoms with Gasteiger partial charge < -0.3 is 9.47 Å². The molecule has 20 heavy (non-hydrogen) atoms. The Morgan fingerprint density at radius 3 is 2.60 bits per heavy atom. The molecule has 1 aromatic carbocycles. The maximum atomic E-state index is 12.2. The number of carbonyl (C=O) groups is 1. The van der Waals surface area contributed by atoms with E-state index in [1.54, 1.807) is 0 Å². The van der Waals surface area contributed by atoms with Crippen LogP contribution < -0.4 is 4.74 Å². The third kappa shape index (κ3) is 4.96. The van der Waals surface area contributed by atoms with E-state index in [1.165, 1.54) is 0 Å². The van der Waals surface area contributed by atoms with Crippen molar-refractivity contribution in [1.82, 2.24) is 0 Å². The maximum absolute atomic E-state index is 12.2. The number of nitro groups is 1. The van der Waals surface area contributed by atoms with Crippen LogP contribution in [0.3, 0.4) is 0 Å². The first-order valence-corrected chi connectivity index (χ1v) is 5.78. The van der Waals surface area contributed by atoms with Crippen LogP contribution in [0.1, 0.15) is 0 Å². The maximum Gasteiger partial charge on any atom is 0.446 e. The topological polar surface area (TPSA) is 78.7 Å². The van der Waals surface area contributed by atoms with Crippen LogP contribution in [0, 0.1) is 10.1 Å². The molecule has 1 aromatic rings. The van der Waals surface area contributed by atoms with Crippen molar-refractivity contribution in [2.45, 2.75) is 10.4 Å². The summed E-state index contributed by atoms with van der Waals surface area (Å²) in [6, 6.07) is 2.73. The first kappa shape index (κ1) is 16.1. The Morgan fingerprint density at radius 2 is 2.10 bits per heavy atom. The summed E-state index contributed by atoms with van der Waals surface area (Å²) in [4.78, 5) is 20.4. The highest BCUT2D eigenvalue weighted by molar-refractivity contribution is 8.00. The summed E-state index contributed by atoms with van der Waals surface area (Å²) in [6.07, 6.45) is 0. The molecule has 0 fully saturated rings. The van der Waals surface area contributed by atoms with Crippen LogP contribution in [0.25, 0.3) is 0 Å². The number of rotatable bonds is 5. The number of ether oxygens (including phenoxy) is 2. The highest BCUT2D eigenvalue weighted by atomic mass is 32.2. The molecule has 0 aliphatic carbocycles. The van der Waals surface area contributed by atoms with Gasteiger partial charge in [-0.2, -0.15) is 13.2 Å². The van der Waals surface area contributed by atoms with Crippen molar-refractivity contribution in [3.63, 3.8) is 0 Å². The van der Waals surface area contributed by atoms with Crippen LogP contribution >= 0.6 is 11.8 Å². The second kappa shape index (κ2) is 6.46. The largest absolute Gasteiger partial charge is 0.475 e. The second-order valence-corrected chi connectivity index (χ2v) is 4.44. The third-order valence-corrected chi connectivity index (χ3v) is 2.65. The van der Waals surface area contributed by atoms with Gasteiger partial charge in [-0.1, -0.05) is 0 Å². The molecule has 1 rings (SSSR count). The van der Waals surface area contributed by atoms with E-state index < -0.39 is 40.5 Å². The minimum Gasteiger partial charge on any atom is -0.475 e. The van der Waals surface area contributed by atoms with Gasteiger partial charge in [0, 0.05) is 11.0 Å². The van der Waals surface area contributed by atoms with Gasteiger partial charge in [0.25, 0.3) is 0 Å². The average Bonchev–Trinajstić information content (AvgIpc) is 2.34. The van der Waals surface area contributed by atoms with Gasteiger partial charge in [-0.3, -0.25) is 10.1 Å². The fourth-order valence-corrected chi connectivity index (χ4v) is 1.73. The number of methoxy groups -OCH3 is 1. The highest BCUT2D eigenvalue weighted by Gasteiger charge is 2.30. The fourth-order valence-electron chi connectivity index (χ4n) is 1.15. The van der Waals surface area contributed by atoms with Crippen LogP contribution in [0.2, 0.25) is 0 Å². The van der Waals surface area contributed by atoms with Crippen molar-refractivity contribution in [2.24, 2.45) is 0 Å². The molecule has 0 saturated carbocycles. The standard InChI is InChI=1S/C10H8F3NO5S/c1-18-9(15)5-19-8-3-2-6(20-10(11,12)13)4-7(8)14(16)17/h2-4H,5H2,1H3. The Kier molecular flexibility index (Phi) is 5.19. The molecule has 0 amide bonds. The van der Waals surface area contributed by atoms with Crippen LogP contribution in [-0.2, 0) is 9.53 Å². The van der Waals surface area contributed by atoms with E-state index in [1.807, 2.05) is 0 Å². The Bertz CT molecular complexity index is 520. The number of carbonyl (C=O) groups excluding carboxylic acids is 1. The Labute approximate surface area is 115 Å². The lowest BCUT2D eigenvalue weighted by molar-refractivity contribution is -0.386. The smallest absolute Gasteiger partial charge is 0.446 e. The molecule has 0 heterocycles. The zero-order valence-electron chi connectivity index (χ0n) is 9.97. The molecular weight excluding hydrogens is 303 g/mol. The summed E-state index contributed by atoms with van der Waals surface area (Å²) in [6.45, 7) is -0.580. The van der Waals surface area contributed by atoms with Crippen molar-refractivity contribution in [1.29, 1.82) is 0 Å². The first-order chi connectivity index (χ1) is 9.23. The van der Waals surface area contributed by atoms with Gasteiger partial charge >= 0.3 is 17.2 Å². The summed E-state index contributed by atoms with van der Waals surface area (Å²) in [7, 11) is 1.10. The van der Waals surface area contributed by atoms with E-state index in [0.717, 1.165) is 25.3 Å². The minimum atomic E-state index is -4.55. The number of esters is 1. The summed E-state index contributed by atoms with van der Waals surface area (Å²) in [5.74, 6) is -1.08. The van der Waals surface area contributed by atoms with Crippen LogP contribution in [0.4, 0.5) is 18.9 Å². The lowest BCUT2D eigenvalue weighted by Crippen LogP contribution is -2.13. The predicted molar refractivity (Wildman–Crippen MR) is 62.5 cm³/mol. The molecule has 0 aliphatic rings. The van der Waals surface area contributed by atoms with Gasteiger partial charge in [-0.25, -0.2) is 4.79 Å². The van der Waals surface area contributed by atoms with Crippen LogP contribution in [0.15, 0.2) is 23.1 Å². The predicted octanol–water partition coefficient (Wildman–Crippen LogP) is 2.76. The molecule has 0 aromatic heterocycles. The quantitative estimate of drug-likeness (QED) is 0.360. The van der Waals surface area contributed by atoms with Crippen molar-refractivity contribution in [2.75, 3.05) is 13.7 Å². The monoisotopic (exact) mass is 311 g/mol. The van der Waals surface area contributed by atoms with E-state index in [4.69, 9.17) is 4.74 Å². The summed E-state index contributed by atoms with van der Waals surface area (Å²) >= 11 is -0.482. The zero-order valence-corrected chi connectivity index (χ0v) is 10.8. The molecule has 0 atom stereocenters. The number of hydrogen-bond acceptors (Lipinski definition) is 6. The molecule has 0 saturated heterocycles. The van der Waals surface area contributed by atoms with Gasteiger partial charge in [0.15, 0.2) is 12.4 Å². The summed E-state index contributed by atoms with van der Waals surface area (Å²) in [5.41, 5.74) is -5.22. The average molecular weight is 311 g/mol. The molecule has 0 aliphatic heterocycles. The van der Waals surface area contributed by atoms with E-state index in [9.17, 15) is 28.1 Å². The molecule has 6 nitrogen and oxygen atoms in total. The molecule has 0 unspecified atom stereocenters.